The molecule has 0 aliphatic heterocycles. The highest BCUT2D eigenvalue weighted by Gasteiger charge is 2.18. The van der Waals surface area contributed by atoms with E-state index >= 15 is 0 Å². The summed E-state index contributed by atoms with van der Waals surface area (Å²) in [6.45, 7) is 0. The number of thiophene rings is 1. The van der Waals surface area contributed by atoms with Gasteiger partial charge in [0.2, 0.25) is 0 Å². The first-order chi connectivity index (χ1) is 27.8. The largest absolute Gasteiger partial charge is 0.309 e. The zero-order valence-electron chi connectivity index (χ0n) is 30.2. The van der Waals surface area contributed by atoms with E-state index in [2.05, 4.69) is 138 Å². The fourth-order valence-corrected chi connectivity index (χ4v) is 9.34. The fourth-order valence-electron chi connectivity index (χ4n) is 8.07. The molecular formula is C51H32N4S. The first kappa shape index (κ1) is 32.2. The van der Waals surface area contributed by atoms with Crippen LogP contribution in [0.2, 0.25) is 0 Å². The number of hydrogen-bond acceptors (Lipinski definition) is 4. The van der Waals surface area contributed by atoms with Crippen molar-refractivity contribution in [3.63, 3.8) is 0 Å². The van der Waals surface area contributed by atoms with Crippen LogP contribution in [-0.4, -0.2) is 19.5 Å². The highest BCUT2D eigenvalue weighted by Crippen LogP contribution is 2.45. The van der Waals surface area contributed by atoms with Gasteiger partial charge in [-0.3, -0.25) is 0 Å². The Morgan fingerprint density at radius 2 is 0.893 bits per heavy atom. The third-order valence-corrected chi connectivity index (χ3v) is 11.9. The summed E-state index contributed by atoms with van der Waals surface area (Å²) in [5, 5.41) is 5.05. The molecule has 0 radical (unpaired) electrons. The van der Waals surface area contributed by atoms with Crippen LogP contribution in [0, 0.1) is 0 Å². The molecule has 0 spiro atoms. The monoisotopic (exact) mass is 732 g/mol. The van der Waals surface area contributed by atoms with Crippen molar-refractivity contribution in [3.8, 4) is 62.1 Å². The summed E-state index contributed by atoms with van der Waals surface area (Å²) in [5.41, 5.74) is 11.2. The maximum atomic E-state index is 5.02. The average Bonchev–Trinajstić information content (AvgIpc) is 3.83. The number of nitrogens with zero attached hydrogens (tertiary/aromatic N) is 4. The lowest BCUT2D eigenvalue weighted by Gasteiger charge is -2.10. The van der Waals surface area contributed by atoms with Gasteiger partial charge in [0.1, 0.15) is 0 Å². The van der Waals surface area contributed by atoms with Gasteiger partial charge < -0.3 is 4.57 Å². The molecule has 0 aliphatic carbocycles. The molecule has 0 amide bonds. The summed E-state index contributed by atoms with van der Waals surface area (Å²) < 4.78 is 4.92. The Morgan fingerprint density at radius 1 is 0.357 bits per heavy atom. The SMILES string of the molecule is c1ccc(-c2nc(-c3ccccc3)nc(-c3cccc(-c4cccc5c4sc4cccc(-c6ccc7c8ccccc8n(-c8ccccc8)c7c6)c45)c3)n2)cc1. The second-order valence-corrected chi connectivity index (χ2v) is 15.1. The summed E-state index contributed by atoms with van der Waals surface area (Å²) in [7, 11) is 0. The third-order valence-electron chi connectivity index (χ3n) is 10.7. The van der Waals surface area contributed by atoms with Crippen molar-refractivity contribution in [2.45, 2.75) is 0 Å². The van der Waals surface area contributed by atoms with Gasteiger partial charge in [-0.1, -0.05) is 158 Å². The number of fused-ring (bicyclic) bond motifs is 6. The minimum Gasteiger partial charge on any atom is -0.309 e. The number of rotatable bonds is 6. The van der Waals surface area contributed by atoms with Gasteiger partial charge in [0.05, 0.1) is 11.0 Å². The van der Waals surface area contributed by atoms with Gasteiger partial charge in [-0.05, 0) is 58.7 Å². The van der Waals surface area contributed by atoms with Crippen molar-refractivity contribution in [2.75, 3.05) is 0 Å². The van der Waals surface area contributed by atoms with E-state index in [1.54, 1.807) is 0 Å². The lowest BCUT2D eigenvalue weighted by atomic mass is 9.96. The van der Waals surface area contributed by atoms with Crippen LogP contribution in [0.5, 0.6) is 0 Å². The van der Waals surface area contributed by atoms with Crippen LogP contribution in [0.3, 0.4) is 0 Å². The molecule has 5 heteroatoms. The average molecular weight is 733 g/mol. The predicted octanol–water partition coefficient (Wildman–Crippen LogP) is 13.7. The summed E-state index contributed by atoms with van der Waals surface area (Å²) in [5.74, 6) is 1.95. The number of aromatic nitrogens is 4. The highest BCUT2D eigenvalue weighted by molar-refractivity contribution is 7.26. The van der Waals surface area contributed by atoms with Crippen molar-refractivity contribution in [1.29, 1.82) is 0 Å². The minimum atomic E-state index is 0.647. The maximum Gasteiger partial charge on any atom is 0.164 e. The Labute approximate surface area is 327 Å². The molecule has 3 heterocycles. The lowest BCUT2D eigenvalue weighted by molar-refractivity contribution is 1.07. The van der Waals surface area contributed by atoms with Crippen molar-refractivity contribution in [3.05, 3.63) is 194 Å². The zero-order chi connectivity index (χ0) is 37.0. The smallest absolute Gasteiger partial charge is 0.164 e. The second kappa shape index (κ2) is 13.3. The quantitative estimate of drug-likeness (QED) is 0.171. The normalized spacial score (nSPS) is 11.6. The summed E-state index contributed by atoms with van der Waals surface area (Å²) in [6.07, 6.45) is 0. The molecule has 3 aromatic heterocycles. The zero-order valence-corrected chi connectivity index (χ0v) is 31.0. The van der Waals surface area contributed by atoms with Crippen molar-refractivity contribution < 1.29 is 0 Å². The molecule has 262 valence electrons. The molecule has 0 fully saturated rings. The van der Waals surface area contributed by atoms with E-state index < -0.39 is 0 Å². The number of para-hydroxylation sites is 2. The van der Waals surface area contributed by atoms with E-state index in [4.69, 9.17) is 15.0 Å². The number of benzene rings is 8. The van der Waals surface area contributed by atoms with E-state index in [1.807, 2.05) is 72.0 Å². The van der Waals surface area contributed by atoms with Crippen LogP contribution in [0.25, 0.3) is 104 Å². The molecule has 11 aromatic rings. The summed E-state index contributed by atoms with van der Waals surface area (Å²) in [4.78, 5) is 14.9. The Kier molecular flexibility index (Phi) is 7.64. The molecule has 0 unspecified atom stereocenters. The molecule has 0 bridgehead atoms. The van der Waals surface area contributed by atoms with Crippen LogP contribution in [0.15, 0.2) is 194 Å². The number of hydrogen-bond donors (Lipinski definition) is 0. The first-order valence-corrected chi connectivity index (χ1v) is 19.6. The molecule has 0 saturated heterocycles. The molecule has 11 rings (SSSR count). The van der Waals surface area contributed by atoms with Gasteiger partial charge in [0, 0.05) is 53.3 Å². The van der Waals surface area contributed by atoms with Crippen molar-refractivity contribution in [2.24, 2.45) is 0 Å². The second-order valence-electron chi connectivity index (χ2n) is 14.0. The van der Waals surface area contributed by atoms with Crippen LogP contribution < -0.4 is 0 Å². The van der Waals surface area contributed by atoms with Crippen LogP contribution in [0.1, 0.15) is 0 Å². The minimum absolute atomic E-state index is 0.647. The Morgan fingerprint density at radius 3 is 1.64 bits per heavy atom. The third kappa shape index (κ3) is 5.40. The molecular weight excluding hydrogens is 701 g/mol. The maximum absolute atomic E-state index is 5.02. The van der Waals surface area contributed by atoms with Gasteiger partial charge in [0.15, 0.2) is 17.5 Å². The highest BCUT2D eigenvalue weighted by atomic mass is 32.1. The van der Waals surface area contributed by atoms with Crippen molar-refractivity contribution in [1.82, 2.24) is 19.5 Å². The topological polar surface area (TPSA) is 43.6 Å². The van der Waals surface area contributed by atoms with Gasteiger partial charge in [-0.2, -0.15) is 0 Å². The van der Waals surface area contributed by atoms with E-state index in [1.165, 1.54) is 58.7 Å². The molecule has 4 nitrogen and oxygen atoms in total. The van der Waals surface area contributed by atoms with Crippen molar-refractivity contribution >= 4 is 53.3 Å². The van der Waals surface area contributed by atoms with E-state index in [-0.39, 0.29) is 0 Å². The van der Waals surface area contributed by atoms with E-state index in [9.17, 15) is 0 Å². The van der Waals surface area contributed by atoms with Gasteiger partial charge in [-0.15, -0.1) is 11.3 Å². The fraction of sp³-hybridized carbons (Fsp3) is 0. The van der Waals surface area contributed by atoms with Crippen LogP contribution >= 0.6 is 11.3 Å². The lowest BCUT2D eigenvalue weighted by Crippen LogP contribution is -2.00. The summed E-state index contributed by atoms with van der Waals surface area (Å²) in [6, 6.07) is 68.6. The van der Waals surface area contributed by atoms with Gasteiger partial charge in [0.25, 0.3) is 0 Å². The standard InChI is InChI=1S/C51H32N4S/c1-4-15-33(16-5-1)49-52-50(34-17-6-2-7-18-34)54-51(53-49)37-20-12-19-35(31-37)40-25-13-26-43-47-39(24-14-28-46(47)56-48(40)43)36-29-30-42-41-23-10-11-27-44(41)55(45(42)32-36)38-21-8-3-9-22-38/h1-32H. The van der Waals surface area contributed by atoms with Crippen LogP contribution in [0.4, 0.5) is 0 Å². The first-order valence-electron chi connectivity index (χ1n) is 18.8. The molecule has 56 heavy (non-hydrogen) atoms. The summed E-state index contributed by atoms with van der Waals surface area (Å²) >= 11 is 1.85. The molecule has 8 aromatic carbocycles. The molecule has 0 aliphatic rings. The van der Waals surface area contributed by atoms with Crippen LogP contribution in [-0.2, 0) is 0 Å². The molecule has 0 saturated carbocycles. The molecule has 0 N–H and O–H groups in total. The molecule has 0 atom stereocenters. The van der Waals surface area contributed by atoms with E-state index in [0.717, 1.165) is 27.9 Å². The Balaban J connectivity index is 1.06. The van der Waals surface area contributed by atoms with E-state index in [0.29, 0.717) is 17.5 Å². The Hall–Kier alpha value is -7.21. The predicted molar refractivity (Wildman–Crippen MR) is 234 cm³/mol. The Bertz CT molecular complexity index is 3180. The van der Waals surface area contributed by atoms with Gasteiger partial charge >= 0.3 is 0 Å². The van der Waals surface area contributed by atoms with Gasteiger partial charge in [-0.25, -0.2) is 15.0 Å².